The van der Waals surface area contributed by atoms with Crippen LogP contribution in [0.1, 0.15) is 31.4 Å². The Bertz CT molecular complexity index is 357. The lowest BCUT2D eigenvalue weighted by Gasteiger charge is -2.17. The van der Waals surface area contributed by atoms with Crippen molar-refractivity contribution in [2.45, 2.75) is 25.8 Å². The van der Waals surface area contributed by atoms with E-state index in [1.54, 1.807) is 0 Å². The van der Waals surface area contributed by atoms with Gasteiger partial charge in [0, 0.05) is 5.56 Å². The van der Waals surface area contributed by atoms with E-state index in [-0.39, 0.29) is 5.56 Å². The summed E-state index contributed by atoms with van der Waals surface area (Å²) in [5.41, 5.74) is 3.38. The fraction of sp³-hybridized carbons (Fsp3) is 0.333. The van der Waals surface area contributed by atoms with Gasteiger partial charge in [0.25, 0.3) is 0 Å². The average molecular weight is 226 g/mol. The molecule has 0 amide bonds. The van der Waals surface area contributed by atoms with Crippen molar-refractivity contribution in [2.24, 2.45) is 5.84 Å². The molecular weight excluding hydrogens is 210 g/mol. The molecule has 2 nitrogen and oxygen atoms in total. The quantitative estimate of drug-likeness (QED) is 0.460. The standard InChI is InChI=1S/C12H16F2N2/c1-8(2)6-7-11(16-15)12-9(13)4-3-5-10(12)14/h3-5,11,16H,1,6-7,15H2,2H3. The van der Waals surface area contributed by atoms with E-state index in [9.17, 15) is 8.78 Å². The summed E-state index contributed by atoms with van der Waals surface area (Å²) in [6, 6.07) is 3.26. The predicted molar refractivity (Wildman–Crippen MR) is 60.5 cm³/mol. The first-order valence-electron chi connectivity index (χ1n) is 5.10. The van der Waals surface area contributed by atoms with E-state index in [0.717, 1.165) is 5.57 Å². The summed E-state index contributed by atoms with van der Waals surface area (Å²) in [6.45, 7) is 5.61. The Balaban J connectivity index is 2.90. The van der Waals surface area contributed by atoms with Crippen LogP contribution in [0.25, 0.3) is 0 Å². The van der Waals surface area contributed by atoms with Crippen molar-refractivity contribution >= 4 is 0 Å². The normalized spacial score (nSPS) is 12.5. The zero-order valence-corrected chi connectivity index (χ0v) is 9.26. The smallest absolute Gasteiger partial charge is 0.130 e. The molecule has 0 saturated carbocycles. The molecule has 3 N–H and O–H groups in total. The van der Waals surface area contributed by atoms with Gasteiger partial charge in [-0.3, -0.25) is 11.3 Å². The molecule has 0 fully saturated rings. The number of allylic oxidation sites excluding steroid dienone is 1. The molecule has 1 rings (SSSR count). The molecular formula is C12H16F2N2. The van der Waals surface area contributed by atoms with Gasteiger partial charge in [0.15, 0.2) is 0 Å². The third kappa shape index (κ3) is 3.12. The summed E-state index contributed by atoms with van der Waals surface area (Å²) >= 11 is 0. The molecule has 0 radical (unpaired) electrons. The maximum Gasteiger partial charge on any atom is 0.130 e. The molecule has 1 aromatic rings. The molecule has 0 aliphatic rings. The molecule has 88 valence electrons. The first kappa shape index (κ1) is 12.8. The van der Waals surface area contributed by atoms with Crippen molar-refractivity contribution in [1.82, 2.24) is 5.43 Å². The Morgan fingerprint density at radius 1 is 1.44 bits per heavy atom. The zero-order chi connectivity index (χ0) is 12.1. The van der Waals surface area contributed by atoms with Gasteiger partial charge in [-0.1, -0.05) is 11.6 Å². The highest BCUT2D eigenvalue weighted by Crippen LogP contribution is 2.24. The summed E-state index contributed by atoms with van der Waals surface area (Å²) in [4.78, 5) is 0. The molecule has 1 unspecified atom stereocenters. The van der Waals surface area contributed by atoms with E-state index >= 15 is 0 Å². The van der Waals surface area contributed by atoms with Crippen LogP contribution in [0.15, 0.2) is 30.4 Å². The number of nitrogens with one attached hydrogen (secondary N) is 1. The van der Waals surface area contributed by atoms with E-state index in [1.807, 2.05) is 6.92 Å². The van der Waals surface area contributed by atoms with E-state index in [2.05, 4.69) is 12.0 Å². The molecule has 0 saturated heterocycles. The largest absolute Gasteiger partial charge is 0.271 e. The van der Waals surface area contributed by atoms with Crippen molar-refractivity contribution in [1.29, 1.82) is 0 Å². The molecule has 1 aromatic carbocycles. The number of hydrogen-bond acceptors (Lipinski definition) is 2. The van der Waals surface area contributed by atoms with Crippen LogP contribution in [0, 0.1) is 11.6 Å². The van der Waals surface area contributed by atoms with Crippen molar-refractivity contribution in [3.8, 4) is 0 Å². The SMILES string of the molecule is C=C(C)CCC(NN)c1c(F)cccc1F. The van der Waals surface area contributed by atoms with Crippen molar-refractivity contribution in [2.75, 3.05) is 0 Å². The van der Waals surface area contributed by atoms with Crippen molar-refractivity contribution < 1.29 is 8.78 Å². The Hall–Kier alpha value is -1.26. The number of rotatable bonds is 5. The second-order valence-electron chi connectivity index (χ2n) is 3.85. The van der Waals surface area contributed by atoms with Crippen LogP contribution in [-0.2, 0) is 0 Å². The lowest BCUT2D eigenvalue weighted by molar-refractivity contribution is 0.454. The Morgan fingerprint density at radius 2 is 2.00 bits per heavy atom. The van der Waals surface area contributed by atoms with Gasteiger partial charge in [0.2, 0.25) is 0 Å². The van der Waals surface area contributed by atoms with Crippen LogP contribution < -0.4 is 11.3 Å². The highest BCUT2D eigenvalue weighted by Gasteiger charge is 2.18. The minimum atomic E-state index is -0.579. The fourth-order valence-corrected chi connectivity index (χ4v) is 1.55. The lowest BCUT2D eigenvalue weighted by Crippen LogP contribution is -2.29. The molecule has 0 aliphatic heterocycles. The highest BCUT2D eigenvalue weighted by molar-refractivity contribution is 5.23. The molecule has 4 heteroatoms. The van der Waals surface area contributed by atoms with Crippen LogP contribution in [0.2, 0.25) is 0 Å². The number of hydrazine groups is 1. The summed E-state index contributed by atoms with van der Waals surface area (Å²) < 4.78 is 26.9. The topological polar surface area (TPSA) is 38.0 Å². The minimum absolute atomic E-state index is 0.00810. The van der Waals surface area contributed by atoms with Crippen LogP contribution in [0.5, 0.6) is 0 Å². The second kappa shape index (κ2) is 5.72. The number of benzene rings is 1. The van der Waals surface area contributed by atoms with Crippen LogP contribution in [0.3, 0.4) is 0 Å². The third-order valence-corrected chi connectivity index (χ3v) is 2.41. The van der Waals surface area contributed by atoms with Gasteiger partial charge in [-0.05, 0) is 31.9 Å². The van der Waals surface area contributed by atoms with Gasteiger partial charge >= 0.3 is 0 Å². The number of nitrogens with two attached hydrogens (primary N) is 1. The maximum absolute atomic E-state index is 13.5. The maximum atomic E-state index is 13.5. The molecule has 0 aliphatic carbocycles. The zero-order valence-electron chi connectivity index (χ0n) is 9.26. The van der Waals surface area contributed by atoms with E-state index in [1.165, 1.54) is 18.2 Å². The second-order valence-corrected chi connectivity index (χ2v) is 3.85. The van der Waals surface area contributed by atoms with Gasteiger partial charge in [0.1, 0.15) is 11.6 Å². The summed E-state index contributed by atoms with van der Waals surface area (Å²) in [7, 11) is 0. The highest BCUT2D eigenvalue weighted by atomic mass is 19.1. The molecule has 0 bridgehead atoms. The van der Waals surface area contributed by atoms with Crippen LogP contribution >= 0.6 is 0 Å². The van der Waals surface area contributed by atoms with E-state index < -0.39 is 17.7 Å². The summed E-state index contributed by atoms with van der Waals surface area (Å²) in [6.07, 6.45) is 1.19. The van der Waals surface area contributed by atoms with Crippen molar-refractivity contribution in [3.63, 3.8) is 0 Å². The van der Waals surface area contributed by atoms with Gasteiger partial charge in [-0.25, -0.2) is 8.78 Å². The van der Waals surface area contributed by atoms with Gasteiger partial charge in [0.05, 0.1) is 6.04 Å². The third-order valence-electron chi connectivity index (χ3n) is 2.41. The summed E-state index contributed by atoms with van der Waals surface area (Å²) in [5.74, 6) is 4.16. The minimum Gasteiger partial charge on any atom is -0.271 e. The van der Waals surface area contributed by atoms with Gasteiger partial charge in [-0.2, -0.15) is 0 Å². The first-order chi connectivity index (χ1) is 7.56. The number of hydrogen-bond donors (Lipinski definition) is 2. The van der Waals surface area contributed by atoms with Gasteiger partial charge in [-0.15, -0.1) is 6.58 Å². The predicted octanol–water partition coefficient (Wildman–Crippen LogP) is 2.83. The summed E-state index contributed by atoms with van der Waals surface area (Å²) in [5, 5.41) is 0. The monoisotopic (exact) mass is 226 g/mol. The Morgan fingerprint density at radius 3 is 2.44 bits per heavy atom. The van der Waals surface area contributed by atoms with E-state index in [4.69, 9.17) is 5.84 Å². The molecule has 0 aromatic heterocycles. The van der Waals surface area contributed by atoms with Crippen LogP contribution in [0.4, 0.5) is 8.78 Å². The van der Waals surface area contributed by atoms with Gasteiger partial charge < -0.3 is 0 Å². The fourth-order valence-electron chi connectivity index (χ4n) is 1.55. The van der Waals surface area contributed by atoms with Crippen LogP contribution in [-0.4, -0.2) is 0 Å². The van der Waals surface area contributed by atoms with Crippen molar-refractivity contribution in [3.05, 3.63) is 47.5 Å². The van der Waals surface area contributed by atoms with E-state index in [0.29, 0.717) is 12.8 Å². The Kier molecular flexibility index (Phi) is 4.58. The lowest BCUT2D eigenvalue weighted by atomic mass is 9.99. The number of halogens is 2. The Labute approximate surface area is 94.1 Å². The molecule has 0 heterocycles. The first-order valence-corrected chi connectivity index (χ1v) is 5.10. The molecule has 0 spiro atoms. The average Bonchev–Trinajstić information content (AvgIpc) is 2.22. The molecule has 16 heavy (non-hydrogen) atoms. The molecule has 1 atom stereocenters.